The molecule has 2 aromatic rings. The van der Waals surface area contributed by atoms with Crippen LogP contribution < -0.4 is 4.90 Å². The molecule has 2 heteroatoms. The van der Waals surface area contributed by atoms with Gasteiger partial charge < -0.3 is 4.90 Å². The average molecular weight is 280 g/mol. The predicted octanol–water partition coefficient (Wildman–Crippen LogP) is 4.71. The highest BCUT2D eigenvalue weighted by Crippen LogP contribution is 2.17. The van der Waals surface area contributed by atoms with Gasteiger partial charge in [0.15, 0.2) is 0 Å². The number of nitrogens with zero attached hydrogens (tertiary/aromatic N) is 2. The first-order valence-electron chi connectivity index (χ1n) is 7.67. The molecule has 0 N–H and O–H groups in total. The first-order valence-corrected chi connectivity index (χ1v) is 7.67. The van der Waals surface area contributed by atoms with Crippen molar-refractivity contribution >= 4 is 11.9 Å². The van der Waals surface area contributed by atoms with E-state index >= 15 is 0 Å². The van der Waals surface area contributed by atoms with Crippen molar-refractivity contribution in [3.8, 4) is 0 Å². The minimum atomic E-state index is 0.189. The van der Waals surface area contributed by atoms with Gasteiger partial charge >= 0.3 is 0 Å². The molecule has 110 valence electrons. The summed E-state index contributed by atoms with van der Waals surface area (Å²) >= 11 is 0. The van der Waals surface area contributed by atoms with Gasteiger partial charge in [0.05, 0.1) is 6.04 Å². The number of anilines is 1. The molecular formula is C19H24N2. The number of rotatable bonds is 6. The van der Waals surface area contributed by atoms with E-state index < -0.39 is 0 Å². The van der Waals surface area contributed by atoms with Crippen LogP contribution in [0.25, 0.3) is 0 Å². The van der Waals surface area contributed by atoms with Crippen LogP contribution in [0.1, 0.15) is 37.9 Å². The molecule has 2 nitrogen and oxygen atoms in total. The Morgan fingerprint density at radius 2 is 1.57 bits per heavy atom. The standard InChI is InChI=1S/C19H24N2/c1-4-21(5-2)19-13-11-17(12-14-19)15-20-16(3)18-9-7-6-8-10-18/h6-16H,4-5H2,1-3H3. The van der Waals surface area contributed by atoms with Gasteiger partial charge in [-0.2, -0.15) is 0 Å². The minimum Gasteiger partial charge on any atom is -0.372 e. The van der Waals surface area contributed by atoms with Crippen LogP contribution in [0.2, 0.25) is 0 Å². The topological polar surface area (TPSA) is 15.6 Å². The van der Waals surface area contributed by atoms with Gasteiger partial charge in [-0.25, -0.2) is 0 Å². The number of hydrogen-bond donors (Lipinski definition) is 0. The summed E-state index contributed by atoms with van der Waals surface area (Å²) in [4.78, 5) is 6.98. The van der Waals surface area contributed by atoms with Gasteiger partial charge in [-0.1, -0.05) is 42.5 Å². The molecule has 0 fully saturated rings. The van der Waals surface area contributed by atoms with Crippen LogP contribution in [0.4, 0.5) is 5.69 Å². The van der Waals surface area contributed by atoms with E-state index in [0.717, 1.165) is 18.7 Å². The Bertz CT molecular complexity index is 554. The molecule has 0 heterocycles. The summed E-state index contributed by atoms with van der Waals surface area (Å²) in [6.45, 7) is 8.56. The Morgan fingerprint density at radius 1 is 0.952 bits per heavy atom. The van der Waals surface area contributed by atoms with Gasteiger partial charge in [-0.05, 0) is 44.0 Å². The molecular weight excluding hydrogens is 256 g/mol. The lowest BCUT2D eigenvalue weighted by Gasteiger charge is -2.20. The lowest BCUT2D eigenvalue weighted by molar-refractivity contribution is 0.825. The van der Waals surface area contributed by atoms with Crippen molar-refractivity contribution in [2.75, 3.05) is 18.0 Å². The van der Waals surface area contributed by atoms with E-state index in [1.165, 1.54) is 11.3 Å². The molecule has 0 aliphatic heterocycles. The second-order valence-electron chi connectivity index (χ2n) is 5.13. The molecule has 0 aromatic heterocycles. The zero-order chi connectivity index (χ0) is 15.1. The fourth-order valence-corrected chi connectivity index (χ4v) is 2.38. The van der Waals surface area contributed by atoms with Crippen LogP contribution in [0.15, 0.2) is 59.6 Å². The van der Waals surface area contributed by atoms with Crippen molar-refractivity contribution in [2.24, 2.45) is 4.99 Å². The minimum absolute atomic E-state index is 0.189. The first kappa shape index (κ1) is 15.3. The van der Waals surface area contributed by atoms with Crippen LogP contribution in [0.5, 0.6) is 0 Å². The summed E-state index contributed by atoms with van der Waals surface area (Å²) in [5.41, 5.74) is 3.66. The molecule has 2 rings (SSSR count). The average Bonchev–Trinajstić information content (AvgIpc) is 2.55. The summed E-state index contributed by atoms with van der Waals surface area (Å²) in [5, 5.41) is 0. The Morgan fingerprint density at radius 3 is 2.14 bits per heavy atom. The molecule has 1 atom stereocenters. The van der Waals surface area contributed by atoms with Gasteiger partial charge in [-0.15, -0.1) is 0 Å². The second kappa shape index (κ2) is 7.63. The van der Waals surface area contributed by atoms with Crippen LogP contribution in [0, 0.1) is 0 Å². The van der Waals surface area contributed by atoms with Crippen molar-refractivity contribution in [1.82, 2.24) is 0 Å². The zero-order valence-electron chi connectivity index (χ0n) is 13.2. The van der Waals surface area contributed by atoms with Crippen molar-refractivity contribution < 1.29 is 0 Å². The van der Waals surface area contributed by atoms with E-state index in [2.05, 4.69) is 79.2 Å². The number of hydrogen-bond acceptors (Lipinski definition) is 2. The molecule has 0 spiro atoms. The fraction of sp³-hybridized carbons (Fsp3) is 0.316. The molecule has 2 aromatic carbocycles. The van der Waals surface area contributed by atoms with E-state index in [1.807, 2.05) is 12.3 Å². The molecule has 0 radical (unpaired) electrons. The third kappa shape index (κ3) is 4.19. The summed E-state index contributed by atoms with van der Waals surface area (Å²) in [6.07, 6.45) is 1.96. The smallest absolute Gasteiger partial charge is 0.0721 e. The van der Waals surface area contributed by atoms with Crippen molar-refractivity contribution in [2.45, 2.75) is 26.8 Å². The quantitative estimate of drug-likeness (QED) is 0.699. The van der Waals surface area contributed by atoms with Crippen LogP contribution >= 0.6 is 0 Å². The highest BCUT2D eigenvalue weighted by molar-refractivity contribution is 5.80. The lowest BCUT2D eigenvalue weighted by atomic mass is 10.1. The van der Waals surface area contributed by atoms with Gasteiger partial charge in [0, 0.05) is 25.0 Å². The van der Waals surface area contributed by atoms with Crippen LogP contribution in [-0.4, -0.2) is 19.3 Å². The summed E-state index contributed by atoms with van der Waals surface area (Å²) in [6, 6.07) is 19.2. The van der Waals surface area contributed by atoms with Gasteiger partial charge in [0.1, 0.15) is 0 Å². The summed E-state index contributed by atoms with van der Waals surface area (Å²) in [5.74, 6) is 0. The van der Waals surface area contributed by atoms with Crippen molar-refractivity contribution in [3.63, 3.8) is 0 Å². The van der Waals surface area contributed by atoms with Crippen molar-refractivity contribution in [3.05, 3.63) is 65.7 Å². The monoisotopic (exact) mass is 280 g/mol. The Kier molecular flexibility index (Phi) is 5.56. The summed E-state index contributed by atoms with van der Waals surface area (Å²) in [7, 11) is 0. The lowest BCUT2D eigenvalue weighted by Crippen LogP contribution is -2.21. The highest BCUT2D eigenvalue weighted by atomic mass is 15.1. The third-order valence-electron chi connectivity index (χ3n) is 3.75. The van der Waals surface area contributed by atoms with E-state index in [4.69, 9.17) is 0 Å². The van der Waals surface area contributed by atoms with Crippen LogP contribution in [0.3, 0.4) is 0 Å². The number of aliphatic imine (C=N–C) groups is 1. The van der Waals surface area contributed by atoms with Gasteiger partial charge in [-0.3, -0.25) is 4.99 Å². The van der Waals surface area contributed by atoms with E-state index in [-0.39, 0.29) is 6.04 Å². The SMILES string of the molecule is CCN(CC)c1ccc(C=NC(C)c2ccccc2)cc1. The number of benzene rings is 2. The van der Waals surface area contributed by atoms with E-state index in [1.54, 1.807) is 0 Å². The molecule has 1 unspecified atom stereocenters. The maximum absolute atomic E-state index is 4.64. The molecule has 0 saturated heterocycles. The maximum Gasteiger partial charge on any atom is 0.0721 e. The Labute approximate surface area is 128 Å². The van der Waals surface area contributed by atoms with Crippen LogP contribution in [-0.2, 0) is 0 Å². The van der Waals surface area contributed by atoms with Crippen molar-refractivity contribution in [1.29, 1.82) is 0 Å². The summed E-state index contributed by atoms with van der Waals surface area (Å²) < 4.78 is 0. The molecule has 0 aliphatic rings. The van der Waals surface area contributed by atoms with E-state index in [0.29, 0.717) is 0 Å². The highest BCUT2D eigenvalue weighted by Gasteiger charge is 2.02. The Hall–Kier alpha value is -2.09. The zero-order valence-corrected chi connectivity index (χ0v) is 13.2. The maximum atomic E-state index is 4.64. The normalized spacial score (nSPS) is 12.5. The third-order valence-corrected chi connectivity index (χ3v) is 3.75. The molecule has 21 heavy (non-hydrogen) atoms. The predicted molar refractivity (Wildman–Crippen MR) is 92.5 cm³/mol. The van der Waals surface area contributed by atoms with Gasteiger partial charge in [0.2, 0.25) is 0 Å². The fourth-order valence-electron chi connectivity index (χ4n) is 2.38. The molecule has 0 amide bonds. The van der Waals surface area contributed by atoms with Gasteiger partial charge in [0.25, 0.3) is 0 Å². The molecule has 0 bridgehead atoms. The second-order valence-corrected chi connectivity index (χ2v) is 5.13. The van der Waals surface area contributed by atoms with E-state index in [9.17, 15) is 0 Å². The Balaban J connectivity index is 2.04. The molecule has 0 saturated carbocycles. The first-order chi connectivity index (χ1) is 10.2. The molecule has 0 aliphatic carbocycles. The largest absolute Gasteiger partial charge is 0.372 e.